The zero-order valence-electron chi connectivity index (χ0n) is 17.7. The largest absolute Gasteiger partial charge is 0.491 e. The van der Waals surface area contributed by atoms with Crippen molar-refractivity contribution in [2.75, 3.05) is 52.5 Å². The lowest BCUT2D eigenvalue weighted by Crippen LogP contribution is -2.43. The van der Waals surface area contributed by atoms with E-state index in [4.69, 9.17) is 9.47 Å². The van der Waals surface area contributed by atoms with Gasteiger partial charge in [-0.15, -0.1) is 0 Å². The van der Waals surface area contributed by atoms with E-state index < -0.39 is 6.10 Å². The van der Waals surface area contributed by atoms with Gasteiger partial charge in [0, 0.05) is 39.3 Å². The van der Waals surface area contributed by atoms with Crippen molar-refractivity contribution < 1.29 is 14.6 Å². The lowest BCUT2D eigenvalue weighted by Gasteiger charge is -2.31. The zero-order valence-corrected chi connectivity index (χ0v) is 17.7. The molecule has 1 fully saturated rings. The number of aliphatic hydroxyl groups is 1. The highest BCUT2D eigenvalue weighted by Crippen LogP contribution is 2.16. The molecule has 0 aliphatic carbocycles. The van der Waals surface area contributed by atoms with Gasteiger partial charge < -0.3 is 14.6 Å². The summed E-state index contributed by atoms with van der Waals surface area (Å²) in [6, 6.07) is 16.6. The monoisotopic (exact) mass is 398 g/mol. The first-order valence-corrected chi connectivity index (χ1v) is 10.5. The average molecular weight is 399 g/mol. The number of ether oxygens (including phenoxy) is 2. The minimum Gasteiger partial charge on any atom is -0.491 e. The van der Waals surface area contributed by atoms with Crippen molar-refractivity contribution in [1.82, 2.24) is 9.80 Å². The molecule has 1 saturated heterocycles. The van der Waals surface area contributed by atoms with Crippen LogP contribution in [0.25, 0.3) is 0 Å². The molecule has 0 amide bonds. The van der Waals surface area contributed by atoms with Gasteiger partial charge in [0.25, 0.3) is 0 Å². The summed E-state index contributed by atoms with van der Waals surface area (Å²) in [6.45, 7) is 11.3. The summed E-state index contributed by atoms with van der Waals surface area (Å²) in [7, 11) is 0. The van der Waals surface area contributed by atoms with Crippen LogP contribution in [0.2, 0.25) is 0 Å². The summed E-state index contributed by atoms with van der Waals surface area (Å²) in [5, 5.41) is 10.6. The van der Waals surface area contributed by atoms with Crippen LogP contribution in [-0.2, 0) is 11.3 Å². The summed E-state index contributed by atoms with van der Waals surface area (Å²) in [5.41, 5.74) is 3.62. The van der Waals surface area contributed by atoms with Crippen LogP contribution in [0, 0.1) is 13.8 Å². The maximum Gasteiger partial charge on any atom is 0.122 e. The van der Waals surface area contributed by atoms with Crippen LogP contribution in [0.1, 0.15) is 16.7 Å². The van der Waals surface area contributed by atoms with Crippen LogP contribution in [0.5, 0.6) is 5.75 Å². The van der Waals surface area contributed by atoms with Crippen LogP contribution in [0.15, 0.2) is 48.5 Å². The molecule has 2 aromatic rings. The van der Waals surface area contributed by atoms with Gasteiger partial charge in [-0.25, -0.2) is 0 Å². The van der Waals surface area contributed by atoms with Gasteiger partial charge in [0.05, 0.1) is 13.2 Å². The molecule has 5 nitrogen and oxygen atoms in total. The fourth-order valence-corrected chi connectivity index (χ4v) is 3.55. The van der Waals surface area contributed by atoms with Crippen molar-refractivity contribution in [3.05, 3.63) is 65.2 Å². The lowest BCUT2D eigenvalue weighted by molar-refractivity contribution is 0.0255. The van der Waals surface area contributed by atoms with Crippen LogP contribution >= 0.6 is 0 Å². The Morgan fingerprint density at radius 1 is 1.07 bits per heavy atom. The number of morpholine rings is 1. The SMILES string of the molecule is Cc1ccc(CN(CCN2CCOCC2)CC(O)COc2ccccc2C)cc1. The molecule has 0 bridgehead atoms. The Kier molecular flexibility index (Phi) is 8.50. The van der Waals surface area contributed by atoms with Crippen LogP contribution < -0.4 is 4.74 Å². The van der Waals surface area contributed by atoms with Gasteiger partial charge >= 0.3 is 0 Å². The van der Waals surface area contributed by atoms with E-state index in [1.807, 2.05) is 31.2 Å². The third-order valence-corrected chi connectivity index (χ3v) is 5.36. The van der Waals surface area contributed by atoms with Gasteiger partial charge in [-0.05, 0) is 31.0 Å². The minimum absolute atomic E-state index is 0.298. The number of para-hydroxylation sites is 1. The summed E-state index contributed by atoms with van der Waals surface area (Å²) in [5.74, 6) is 0.838. The lowest BCUT2D eigenvalue weighted by atomic mass is 10.1. The summed E-state index contributed by atoms with van der Waals surface area (Å²) >= 11 is 0. The first-order valence-electron chi connectivity index (χ1n) is 10.5. The van der Waals surface area contributed by atoms with E-state index in [0.29, 0.717) is 13.2 Å². The number of aryl methyl sites for hydroxylation is 2. The van der Waals surface area contributed by atoms with Gasteiger partial charge in [0.15, 0.2) is 0 Å². The Balaban J connectivity index is 1.55. The molecule has 3 rings (SSSR count). The Morgan fingerprint density at radius 2 is 1.79 bits per heavy atom. The number of hydrogen-bond acceptors (Lipinski definition) is 5. The molecule has 0 spiro atoms. The fourth-order valence-electron chi connectivity index (χ4n) is 3.55. The summed E-state index contributed by atoms with van der Waals surface area (Å²) in [4.78, 5) is 4.76. The highest BCUT2D eigenvalue weighted by atomic mass is 16.5. The van der Waals surface area contributed by atoms with Crippen molar-refractivity contribution in [2.45, 2.75) is 26.5 Å². The first-order chi connectivity index (χ1) is 14.1. The van der Waals surface area contributed by atoms with Crippen molar-refractivity contribution in [2.24, 2.45) is 0 Å². The van der Waals surface area contributed by atoms with Crippen LogP contribution in [0.4, 0.5) is 0 Å². The molecule has 158 valence electrons. The smallest absolute Gasteiger partial charge is 0.122 e. The maximum absolute atomic E-state index is 10.6. The molecule has 5 heteroatoms. The van der Waals surface area contributed by atoms with Crippen molar-refractivity contribution in [3.63, 3.8) is 0 Å². The van der Waals surface area contributed by atoms with E-state index in [-0.39, 0.29) is 0 Å². The first kappa shape index (κ1) is 21.8. The normalized spacial score (nSPS) is 16.1. The molecule has 2 aromatic carbocycles. The van der Waals surface area contributed by atoms with Crippen molar-refractivity contribution >= 4 is 0 Å². The van der Waals surface area contributed by atoms with Crippen molar-refractivity contribution in [1.29, 1.82) is 0 Å². The van der Waals surface area contributed by atoms with Gasteiger partial charge in [0.2, 0.25) is 0 Å². The molecule has 1 N–H and O–H groups in total. The number of aliphatic hydroxyl groups excluding tert-OH is 1. The Morgan fingerprint density at radius 3 is 2.52 bits per heavy atom. The molecule has 0 saturated carbocycles. The molecule has 0 aromatic heterocycles. The third kappa shape index (κ3) is 7.44. The topological polar surface area (TPSA) is 45.2 Å². The molecule has 1 heterocycles. The van der Waals surface area contributed by atoms with E-state index in [2.05, 4.69) is 41.0 Å². The second-order valence-electron chi connectivity index (χ2n) is 7.91. The maximum atomic E-state index is 10.6. The Bertz CT molecular complexity index is 729. The predicted molar refractivity (Wildman–Crippen MR) is 116 cm³/mol. The minimum atomic E-state index is -0.537. The summed E-state index contributed by atoms with van der Waals surface area (Å²) in [6.07, 6.45) is -0.537. The Hall–Kier alpha value is -1.92. The molecule has 0 radical (unpaired) electrons. The number of rotatable bonds is 10. The van der Waals surface area contributed by atoms with Gasteiger partial charge in [-0.3, -0.25) is 9.80 Å². The molecule has 1 aliphatic rings. The van der Waals surface area contributed by atoms with E-state index in [1.54, 1.807) is 0 Å². The number of benzene rings is 2. The van der Waals surface area contributed by atoms with E-state index in [0.717, 1.165) is 57.3 Å². The molecule has 1 unspecified atom stereocenters. The molecular weight excluding hydrogens is 364 g/mol. The highest BCUT2D eigenvalue weighted by molar-refractivity contribution is 5.31. The number of hydrogen-bond donors (Lipinski definition) is 1. The van der Waals surface area contributed by atoms with Crippen molar-refractivity contribution in [3.8, 4) is 5.75 Å². The molecular formula is C24H34N2O3. The van der Waals surface area contributed by atoms with Crippen LogP contribution in [0.3, 0.4) is 0 Å². The molecule has 29 heavy (non-hydrogen) atoms. The average Bonchev–Trinajstić information content (AvgIpc) is 2.74. The standard InChI is InChI=1S/C24H34N2O3/c1-20-7-9-22(10-8-20)17-26(12-11-25-13-15-28-16-14-25)18-23(27)19-29-24-6-4-3-5-21(24)2/h3-10,23,27H,11-19H2,1-2H3. The summed E-state index contributed by atoms with van der Waals surface area (Å²) < 4.78 is 11.3. The van der Waals surface area contributed by atoms with Gasteiger partial charge in [-0.2, -0.15) is 0 Å². The van der Waals surface area contributed by atoms with Crippen LogP contribution in [-0.4, -0.2) is 73.6 Å². The van der Waals surface area contributed by atoms with E-state index in [1.165, 1.54) is 11.1 Å². The van der Waals surface area contributed by atoms with E-state index in [9.17, 15) is 5.11 Å². The molecule has 1 aliphatic heterocycles. The van der Waals surface area contributed by atoms with E-state index >= 15 is 0 Å². The van der Waals surface area contributed by atoms with Gasteiger partial charge in [-0.1, -0.05) is 48.0 Å². The highest BCUT2D eigenvalue weighted by Gasteiger charge is 2.16. The second-order valence-corrected chi connectivity index (χ2v) is 7.91. The second kappa shape index (κ2) is 11.3. The number of nitrogens with zero attached hydrogens (tertiary/aromatic N) is 2. The predicted octanol–water partition coefficient (Wildman–Crippen LogP) is 2.88. The molecule has 1 atom stereocenters. The van der Waals surface area contributed by atoms with Gasteiger partial charge in [0.1, 0.15) is 18.5 Å². The third-order valence-electron chi connectivity index (χ3n) is 5.36. The fraction of sp³-hybridized carbons (Fsp3) is 0.500. The quantitative estimate of drug-likeness (QED) is 0.667. The Labute approximate surface area is 174 Å². The zero-order chi connectivity index (χ0) is 20.5.